The molecule has 2 N–H and O–H groups in total. The van der Waals surface area contributed by atoms with Crippen LogP contribution in [0.2, 0.25) is 5.02 Å². The lowest BCUT2D eigenvalue weighted by Crippen LogP contribution is -1.99. The van der Waals surface area contributed by atoms with Gasteiger partial charge in [-0.3, -0.25) is 0 Å². The topological polar surface area (TPSA) is 39.2 Å². The Hall–Kier alpha value is -0.990. The fourth-order valence-electron chi connectivity index (χ4n) is 1.92. The first-order valence-electron chi connectivity index (χ1n) is 5.04. The molecule has 15 heavy (non-hydrogen) atoms. The van der Waals surface area contributed by atoms with Crippen molar-refractivity contribution in [1.29, 1.82) is 0 Å². The van der Waals surface area contributed by atoms with Crippen LogP contribution in [0.5, 0.6) is 0 Å². The standard InChI is InChI=1S/C12H14ClNO/c1-7(2)12-9-5-8(13)3-4-10(9)15-11(12)6-14/h3-5,7H,6,14H2,1-2H3. The fraction of sp³-hybridized carbons (Fsp3) is 0.333. The van der Waals surface area contributed by atoms with Gasteiger partial charge in [0.1, 0.15) is 11.3 Å². The lowest BCUT2D eigenvalue weighted by Gasteiger charge is -2.04. The van der Waals surface area contributed by atoms with Crippen molar-refractivity contribution in [2.75, 3.05) is 0 Å². The summed E-state index contributed by atoms with van der Waals surface area (Å²) < 4.78 is 5.68. The highest BCUT2D eigenvalue weighted by molar-refractivity contribution is 6.31. The van der Waals surface area contributed by atoms with Crippen molar-refractivity contribution < 1.29 is 4.42 Å². The van der Waals surface area contributed by atoms with E-state index in [0.717, 1.165) is 21.8 Å². The van der Waals surface area contributed by atoms with Gasteiger partial charge in [-0.05, 0) is 24.1 Å². The SMILES string of the molecule is CC(C)c1c(CN)oc2ccc(Cl)cc12. The third kappa shape index (κ3) is 1.75. The zero-order valence-corrected chi connectivity index (χ0v) is 9.64. The zero-order valence-electron chi connectivity index (χ0n) is 8.88. The summed E-state index contributed by atoms with van der Waals surface area (Å²) in [6.45, 7) is 4.69. The predicted molar refractivity (Wildman–Crippen MR) is 63.2 cm³/mol. The molecule has 0 aliphatic carbocycles. The number of benzene rings is 1. The largest absolute Gasteiger partial charge is 0.459 e. The van der Waals surface area contributed by atoms with E-state index >= 15 is 0 Å². The van der Waals surface area contributed by atoms with Crippen molar-refractivity contribution in [3.63, 3.8) is 0 Å². The van der Waals surface area contributed by atoms with E-state index in [0.29, 0.717) is 12.5 Å². The molecule has 0 aliphatic rings. The number of furan rings is 1. The molecule has 0 amide bonds. The maximum atomic E-state index is 5.97. The Morgan fingerprint density at radius 1 is 1.40 bits per heavy atom. The number of fused-ring (bicyclic) bond motifs is 1. The maximum absolute atomic E-state index is 5.97. The molecule has 1 aromatic heterocycles. The van der Waals surface area contributed by atoms with Gasteiger partial charge in [0.15, 0.2) is 0 Å². The van der Waals surface area contributed by atoms with Crippen LogP contribution in [0, 0.1) is 0 Å². The summed E-state index contributed by atoms with van der Waals surface area (Å²) in [4.78, 5) is 0. The maximum Gasteiger partial charge on any atom is 0.134 e. The van der Waals surface area contributed by atoms with Gasteiger partial charge >= 0.3 is 0 Å². The van der Waals surface area contributed by atoms with Crippen LogP contribution in [0.1, 0.15) is 31.1 Å². The summed E-state index contributed by atoms with van der Waals surface area (Å²) in [6, 6.07) is 5.66. The number of hydrogen-bond donors (Lipinski definition) is 1. The lowest BCUT2D eigenvalue weighted by atomic mass is 9.99. The van der Waals surface area contributed by atoms with Crippen molar-refractivity contribution in [2.45, 2.75) is 26.3 Å². The van der Waals surface area contributed by atoms with Gasteiger partial charge < -0.3 is 10.2 Å². The van der Waals surface area contributed by atoms with Crippen LogP contribution in [-0.4, -0.2) is 0 Å². The molecule has 2 nitrogen and oxygen atoms in total. The van der Waals surface area contributed by atoms with Crippen molar-refractivity contribution >= 4 is 22.6 Å². The average molecular weight is 224 g/mol. The van der Waals surface area contributed by atoms with Gasteiger partial charge in [-0.25, -0.2) is 0 Å². The van der Waals surface area contributed by atoms with Crippen molar-refractivity contribution in [1.82, 2.24) is 0 Å². The summed E-state index contributed by atoms with van der Waals surface area (Å²) in [7, 11) is 0. The number of hydrogen-bond acceptors (Lipinski definition) is 2. The minimum atomic E-state index is 0.392. The molecule has 0 atom stereocenters. The smallest absolute Gasteiger partial charge is 0.134 e. The van der Waals surface area contributed by atoms with Crippen LogP contribution >= 0.6 is 11.6 Å². The molecule has 2 rings (SSSR count). The number of rotatable bonds is 2. The molecule has 0 radical (unpaired) electrons. The second kappa shape index (κ2) is 3.87. The first kappa shape index (κ1) is 10.5. The third-order valence-electron chi connectivity index (χ3n) is 2.53. The summed E-state index contributed by atoms with van der Waals surface area (Å²) in [5, 5.41) is 1.81. The van der Waals surface area contributed by atoms with E-state index in [4.69, 9.17) is 21.8 Å². The summed E-state index contributed by atoms with van der Waals surface area (Å²) in [5.41, 5.74) is 7.70. The number of nitrogens with two attached hydrogens (primary N) is 1. The fourth-order valence-corrected chi connectivity index (χ4v) is 2.10. The van der Waals surface area contributed by atoms with Gasteiger partial charge in [0.25, 0.3) is 0 Å². The van der Waals surface area contributed by atoms with E-state index in [1.165, 1.54) is 5.56 Å². The molecule has 0 aliphatic heterocycles. The van der Waals surface area contributed by atoms with Crippen LogP contribution in [0.3, 0.4) is 0 Å². The molecule has 80 valence electrons. The zero-order chi connectivity index (χ0) is 11.0. The minimum absolute atomic E-state index is 0.392. The van der Waals surface area contributed by atoms with Crippen LogP contribution in [0.15, 0.2) is 22.6 Å². The second-order valence-electron chi connectivity index (χ2n) is 3.94. The minimum Gasteiger partial charge on any atom is -0.459 e. The van der Waals surface area contributed by atoms with Crippen molar-refractivity contribution in [2.24, 2.45) is 5.73 Å². The van der Waals surface area contributed by atoms with E-state index in [1.54, 1.807) is 0 Å². The van der Waals surface area contributed by atoms with Crippen LogP contribution in [-0.2, 0) is 6.54 Å². The first-order valence-corrected chi connectivity index (χ1v) is 5.42. The van der Waals surface area contributed by atoms with Gasteiger partial charge in [-0.2, -0.15) is 0 Å². The predicted octanol–water partition coefficient (Wildman–Crippen LogP) is 3.67. The molecule has 0 unspecified atom stereocenters. The molecule has 1 heterocycles. The molecule has 0 bridgehead atoms. The Balaban J connectivity index is 2.76. The normalized spacial score (nSPS) is 11.5. The van der Waals surface area contributed by atoms with Gasteiger partial charge in [0.2, 0.25) is 0 Å². The van der Waals surface area contributed by atoms with Crippen molar-refractivity contribution in [3.8, 4) is 0 Å². The highest BCUT2D eigenvalue weighted by Crippen LogP contribution is 2.33. The highest BCUT2D eigenvalue weighted by atomic mass is 35.5. The van der Waals surface area contributed by atoms with Crippen LogP contribution in [0.25, 0.3) is 11.0 Å². The molecule has 1 aromatic carbocycles. The van der Waals surface area contributed by atoms with E-state index in [1.807, 2.05) is 18.2 Å². The van der Waals surface area contributed by atoms with Gasteiger partial charge in [0, 0.05) is 16.0 Å². The molecule has 0 fully saturated rings. The van der Waals surface area contributed by atoms with E-state index in [9.17, 15) is 0 Å². The van der Waals surface area contributed by atoms with E-state index in [-0.39, 0.29) is 0 Å². The quantitative estimate of drug-likeness (QED) is 0.844. The van der Waals surface area contributed by atoms with Crippen LogP contribution < -0.4 is 5.73 Å². The highest BCUT2D eigenvalue weighted by Gasteiger charge is 2.15. The lowest BCUT2D eigenvalue weighted by molar-refractivity contribution is 0.541. The summed E-state index contributed by atoms with van der Waals surface area (Å²) in [5.74, 6) is 1.26. The molecule has 2 aromatic rings. The second-order valence-corrected chi connectivity index (χ2v) is 4.37. The first-order chi connectivity index (χ1) is 7.13. The Bertz CT molecular complexity index is 488. The summed E-state index contributed by atoms with van der Waals surface area (Å²) >= 11 is 5.97. The van der Waals surface area contributed by atoms with Crippen LogP contribution in [0.4, 0.5) is 0 Å². The van der Waals surface area contributed by atoms with E-state index < -0.39 is 0 Å². The Morgan fingerprint density at radius 2 is 2.13 bits per heavy atom. The molecular formula is C12H14ClNO. The van der Waals surface area contributed by atoms with Gasteiger partial charge in [0.05, 0.1) is 6.54 Å². The molecule has 0 spiro atoms. The Labute approximate surface area is 94.0 Å². The Kier molecular flexibility index (Phi) is 2.72. The Morgan fingerprint density at radius 3 is 2.73 bits per heavy atom. The number of halogens is 1. The molecule has 3 heteroatoms. The third-order valence-corrected chi connectivity index (χ3v) is 2.76. The summed E-state index contributed by atoms with van der Waals surface area (Å²) in [6.07, 6.45) is 0. The average Bonchev–Trinajstić information content (AvgIpc) is 2.55. The molecule has 0 saturated heterocycles. The van der Waals surface area contributed by atoms with Gasteiger partial charge in [-0.15, -0.1) is 0 Å². The molecular weight excluding hydrogens is 210 g/mol. The van der Waals surface area contributed by atoms with Crippen molar-refractivity contribution in [3.05, 3.63) is 34.5 Å². The van der Waals surface area contributed by atoms with Gasteiger partial charge in [-0.1, -0.05) is 25.4 Å². The van der Waals surface area contributed by atoms with E-state index in [2.05, 4.69) is 13.8 Å². The molecule has 0 saturated carbocycles. The monoisotopic (exact) mass is 223 g/mol.